The Hall–Kier alpha value is -2.79. The van der Waals surface area contributed by atoms with Crippen molar-refractivity contribution in [3.63, 3.8) is 0 Å². The standard InChI is InChI=1S/C35H43ClN4O4Si/c1-34(2,3)45(24-16-8-6-9-17-24,25-18-10-7-11-19-25)41-22-27-28-29(44-35(4,5)43-28)32(42-27)40-21-20-26-30(37-23-14-12-13-15-23)38-33(36)39-31(26)40/h6-11,16-21,23,27-29,32H,12-15,22H2,1-5H3,(H,37,38,39)/t27-,28-,29-,32-/m1/s1. The third kappa shape index (κ3) is 5.62. The summed E-state index contributed by atoms with van der Waals surface area (Å²) in [6.07, 6.45) is 5.18. The van der Waals surface area contributed by atoms with Crippen LogP contribution in [0.25, 0.3) is 11.0 Å². The maximum absolute atomic E-state index is 7.30. The monoisotopic (exact) mass is 646 g/mol. The smallest absolute Gasteiger partial charge is 0.261 e. The van der Waals surface area contributed by atoms with Gasteiger partial charge in [0, 0.05) is 12.2 Å². The molecule has 0 amide bonds. The van der Waals surface area contributed by atoms with E-state index in [1.165, 1.54) is 23.2 Å². The Morgan fingerprint density at radius 1 is 0.933 bits per heavy atom. The van der Waals surface area contributed by atoms with E-state index in [1.807, 2.05) is 30.7 Å². The van der Waals surface area contributed by atoms with Gasteiger partial charge in [-0.3, -0.25) is 0 Å². The summed E-state index contributed by atoms with van der Waals surface area (Å²) in [4.78, 5) is 9.23. The minimum absolute atomic E-state index is 0.160. The van der Waals surface area contributed by atoms with Crippen molar-refractivity contribution in [1.82, 2.24) is 14.5 Å². The van der Waals surface area contributed by atoms with E-state index >= 15 is 0 Å². The molecule has 2 saturated heterocycles. The molecule has 0 spiro atoms. The predicted molar refractivity (Wildman–Crippen MR) is 180 cm³/mol. The van der Waals surface area contributed by atoms with Gasteiger partial charge in [0.05, 0.1) is 12.0 Å². The number of anilines is 1. The molecule has 8 nitrogen and oxygen atoms in total. The molecule has 0 unspecified atom stereocenters. The molecule has 0 bridgehead atoms. The fourth-order valence-electron chi connectivity index (χ4n) is 7.57. The summed E-state index contributed by atoms with van der Waals surface area (Å²) in [5.74, 6) is -0.00156. The Labute approximate surface area is 271 Å². The van der Waals surface area contributed by atoms with Gasteiger partial charge in [0.25, 0.3) is 8.32 Å². The van der Waals surface area contributed by atoms with Crippen molar-refractivity contribution in [2.45, 2.75) is 102 Å². The molecular weight excluding hydrogens is 604 g/mol. The summed E-state index contributed by atoms with van der Waals surface area (Å²) < 4.78 is 29.2. The summed E-state index contributed by atoms with van der Waals surface area (Å²) in [7, 11) is -2.79. The van der Waals surface area contributed by atoms with E-state index in [-0.39, 0.29) is 28.6 Å². The summed E-state index contributed by atoms with van der Waals surface area (Å²) >= 11 is 6.50. The van der Waals surface area contributed by atoms with Crippen molar-refractivity contribution in [1.29, 1.82) is 0 Å². The second-order valence-corrected chi connectivity index (χ2v) is 18.7. The van der Waals surface area contributed by atoms with E-state index in [9.17, 15) is 0 Å². The topological polar surface area (TPSA) is 79.7 Å². The number of nitrogens with zero attached hydrogens (tertiary/aromatic N) is 3. The lowest BCUT2D eigenvalue weighted by Gasteiger charge is -2.43. The number of hydrogen-bond donors (Lipinski definition) is 1. The summed E-state index contributed by atoms with van der Waals surface area (Å²) in [6, 6.07) is 23.8. The van der Waals surface area contributed by atoms with Gasteiger partial charge in [-0.1, -0.05) is 94.3 Å². The van der Waals surface area contributed by atoms with Crippen molar-refractivity contribution < 1.29 is 18.6 Å². The fourth-order valence-corrected chi connectivity index (χ4v) is 12.3. The van der Waals surface area contributed by atoms with Gasteiger partial charge < -0.3 is 28.5 Å². The van der Waals surface area contributed by atoms with Crippen molar-refractivity contribution in [3.05, 3.63) is 78.2 Å². The summed E-state index contributed by atoms with van der Waals surface area (Å²) in [5.41, 5.74) is 0.709. The van der Waals surface area contributed by atoms with E-state index in [1.54, 1.807) is 0 Å². The Balaban J connectivity index is 1.23. The Bertz CT molecular complexity index is 1600. The van der Waals surface area contributed by atoms with Gasteiger partial charge in [0.2, 0.25) is 5.28 Å². The minimum atomic E-state index is -2.79. The molecule has 2 aliphatic heterocycles. The number of ether oxygens (including phenoxy) is 3. The zero-order valence-corrected chi connectivity index (χ0v) is 28.5. The lowest BCUT2D eigenvalue weighted by atomic mass is 10.1. The van der Waals surface area contributed by atoms with Gasteiger partial charge in [-0.05, 0) is 59.8 Å². The van der Waals surface area contributed by atoms with Crippen LogP contribution in [0.1, 0.15) is 66.5 Å². The zero-order chi connectivity index (χ0) is 31.4. The second kappa shape index (κ2) is 11.8. The molecular formula is C35H43ClN4O4Si. The van der Waals surface area contributed by atoms with Gasteiger partial charge in [-0.2, -0.15) is 4.98 Å². The van der Waals surface area contributed by atoms with E-state index < -0.39 is 20.3 Å². The first kappa shape index (κ1) is 30.8. The summed E-state index contributed by atoms with van der Waals surface area (Å²) in [6.45, 7) is 11.1. The Morgan fingerprint density at radius 3 is 2.18 bits per heavy atom. The van der Waals surface area contributed by atoms with E-state index in [2.05, 4.69) is 96.7 Å². The van der Waals surface area contributed by atoms with Crippen LogP contribution in [0.3, 0.4) is 0 Å². The second-order valence-electron chi connectivity index (χ2n) is 14.0. The van der Waals surface area contributed by atoms with Gasteiger partial charge in [0.1, 0.15) is 29.8 Å². The number of nitrogens with one attached hydrogen (secondary N) is 1. The van der Waals surface area contributed by atoms with Crippen LogP contribution >= 0.6 is 11.6 Å². The Kier molecular flexibility index (Phi) is 8.07. The molecule has 1 saturated carbocycles. The van der Waals surface area contributed by atoms with E-state index in [0.29, 0.717) is 18.3 Å². The average Bonchev–Trinajstić information content (AvgIpc) is 3.79. The highest BCUT2D eigenvalue weighted by Crippen LogP contribution is 2.45. The number of aromatic nitrogens is 3. The van der Waals surface area contributed by atoms with Gasteiger partial charge in [0.15, 0.2) is 12.0 Å². The zero-order valence-electron chi connectivity index (χ0n) is 26.7. The number of fused-ring (bicyclic) bond motifs is 2. The molecule has 238 valence electrons. The molecule has 4 aromatic rings. The number of hydrogen-bond acceptors (Lipinski definition) is 7. The number of halogens is 1. The summed E-state index contributed by atoms with van der Waals surface area (Å²) in [5, 5.41) is 7.02. The van der Waals surface area contributed by atoms with E-state index in [4.69, 9.17) is 30.2 Å². The third-order valence-electron chi connectivity index (χ3n) is 9.52. The minimum Gasteiger partial charge on any atom is -0.405 e. The highest BCUT2D eigenvalue weighted by atomic mass is 35.5. The normalized spacial score (nSPS) is 25.2. The van der Waals surface area contributed by atoms with Crippen LogP contribution in [0.2, 0.25) is 10.3 Å². The van der Waals surface area contributed by atoms with E-state index in [0.717, 1.165) is 24.0 Å². The largest absolute Gasteiger partial charge is 0.405 e. The van der Waals surface area contributed by atoms with Crippen LogP contribution in [-0.4, -0.2) is 59.6 Å². The molecule has 1 aliphatic carbocycles. The molecule has 2 aromatic carbocycles. The SMILES string of the molecule is CC1(C)O[C@@H]2[C@H](O1)[C@@H](CO[Si](c1ccccc1)(c1ccccc1)C(C)(C)C)O[C@H]2n1ccc2c(NC3CCCC3)nc(Cl)nc21. The molecule has 10 heteroatoms. The van der Waals surface area contributed by atoms with Crippen LogP contribution in [-0.2, 0) is 18.6 Å². The number of rotatable bonds is 8. The molecule has 3 aliphatic rings. The molecule has 7 rings (SSSR count). The predicted octanol–water partition coefficient (Wildman–Crippen LogP) is 6.43. The molecule has 0 radical (unpaired) electrons. The molecule has 45 heavy (non-hydrogen) atoms. The maximum Gasteiger partial charge on any atom is 0.261 e. The first-order valence-electron chi connectivity index (χ1n) is 16.1. The van der Waals surface area contributed by atoms with Gasteiger partial charge in [-0.15, -0.1) is 0 Å². The molecule has 3 fully saturated rings. The maximum atomic E-state index is 7.30. The number of benzene rings is 2. The quantitative estimate of drug-likeness (QED) is 0.175. The van der Waals surface area contributed by atoms with Crippen molar-refractivity contribution >= 4 is 47.1 Å². The molecule has 4 atom stereocenters. The van der Waals surface area contributed by atoms with Crippen molar-refractivity contribution in [2.24, 2.45) is 0 Å². The molecule has 2 aromatic heterocycles. The van der Waals surface area contributed by atoms with Crippen molar-refractivity contribution in [3.8, 4) is 0 Å². The van der Waals surface area contributed by atoms with Crippen LogP contribution in [0.5, 0.6) is 0 Å². The van der Waals surface area contributed by atoms with Crippen LogP contribution in [0.15, 0.2) is 72.9 Å². The van der Waals surface area contributed by atoms with Crippen LogP contribution < -0.4 is 15.7 Å². The van der Waals surface area contributed by atoms with Crippen LogP contribution in [0, 0.1) is 0 Å². The Morgan fingerprint density at radius 2 is 1.56 bits per heavy atom. The molecule has 1 N–H and O–H groups in total. The van der Waals surface area contributed by atoms with Gasteiger partial charge >= 0.3 is 0 Å². The lowest BCUT2D eigenvalue weighted by Crippen LogP contribution is -2.67. The lowest BCUT2D eigenvalue weighted by molar-refractivity contribution is -0.199. The van der Waals surface area contributed by atoms with Crippen LogP contribution in [0.4, 0.5) is 5.82 Å². The third-order valence-corrected chi connectivity index (χ3v) is 14.7. The van der Waals surface area contributed by atoms with Crippen molar-refractivity contribution in [2.75, 3.05) is 11.9 Å². The first-order valence-corrected chi connectivity index (χ1v) is 18.4. The molecule has 4 heterocycles. The highest BCUT2D eigenvalue weighted by molar-refractivity contribution is 6.99. The van der Waals surface area contributed by atoms with Gasteiger partial charge in [-0.25, -0.2) is 4.98 Å². The highest BCUT2D eigenvalue weighted by Gasteiger charge is 2.58. The fraction of sp³-hybridized carbons (Fsp3) is 0.486. The average molecular weight is 647 g/mol. The first-order chi connectivity index (χ1) is 21.6.